The van der Waals surface area contributed by atoms with E-state index < -0.39 is 10.8 Å². The van der Waals surface area contributed by atoms with Gasteiger partial charge in [-0.3, -0.25) is 19.7 Å². The number of nitro groups is 1. The molecule has 9 heteroatoms. The molecule has 148 valence electrons. The van der Waals surface area contributed by atoms with Gasteiger partial charge in [0.25, 0.3) is 11.6 Å². The molecule has 9 nitrogen and oxygen atoms in total. The van der Waals surface area contributed by atoms with Crippen LogP contribution in [-0.2, 0) is 4.79 Å². The molecule has 2 N–H and O–H groups in total. The zero-order chi connectivity index (χ0) is 21.0. The van der Waals surface area contributed by atoms with Gasteiger partial charge in [-0.25, -0.2) is 4.98 Å². The van der Waals surface area contributed by atoms with Crippen LogP contribution in [0.3, 0.4) is 0 Å². The molecule has 2 amide bonds. The molecule has 0 unspecified atom stereocenters. The number of nitro benzene ring substituents is 1. The minimum atomic E-state index is -0.582. The van der Waals surface area contributed by atoms with E-state index in [1.807, 2.05) is 32.0 Å². The first-order valence-electron chi connectivity index (χ1n) is 8.78. The summed E-state index contributed by atoms with van der Waals surface area (Å²) >= 11 is 0. The summed E-state index contributed by atoms with van der Waals surface area (Å²) in [5.41, 5.74) is 2.66. The van der Waals surface area contributed by atoms with E-state index in [9.17, 15) is 19.7 Å². The van der Waals surface area contributed by atoms with Gasteiger partial charge in [0.2, 0.25) is 5.91 Å². The third-order valence-electron chi connectivity index (χ3n) is 4.37. The fraction of sp³-hybridized carbons (Fsp3) is 0.150. The molecule has 0 saturated carbocycles. The minimum Gasteiger partial charge on any atom is -0.343 e. The van der Waals surface area contributed by atoms with E-state index in [2.05, 4.69) is 15.6 Å². The molecule has 3 aromatic rings. The number of carbonyl (C=O) groups excluding carboxylic acids is 2. The molecule has 0 aliphatic rings. The highest BCUT2D eigenvalue weighted by atomic mass is 16.6. The van der Waals surface area contributed by atoms with Crippen LogP contribution in [0.25, 0.3) is 5.69 Å². The van der Waals surface area contributed by atoms with Crippen molar-refractivity contribution in [1.82, 2.24) is 14.9 Å². The van der Waals surface area contributed by atoms with Crippen molar-refractivity contribution < 1.29 is 14.5 Å². The first kappa shape index (κ1) is 19.7. The molecule has 0 bridgehead atoms. The maximum absolute atomic E-state index is 12.4. The lowest BCUT2D eigenvalue weighted by molar-refractivity contribution is -0.384. The summed E-state index contributed by atoms with van der Waals surface area (Å²) in [6, 6.07) is 9.74. The Bertz CT molecular complexity index is 1060. The van der Waals surface area contributed by atoms with Crippen molar-refractivity contribution in [3.63, 3.8) is 0 Å². The summed E-state index contributed by atoms with van der Waals surface area (Å²) in [6.07, 6.45) is 4.50. The molecule has 1 aromatic heterocycles. The van der Waals surface area contributed by atoms with Crippen LogP contribution in [0.4, 0.5) is 11.4 Å². The monoisotopic (exact) mass is 393 g/mol. The van der Waals surface area contributed by atoms with Crippen LogP contribution in [-0.4, -0.2) is 32.8 Å². The Hall–Kier alpha value is -4.01. The van der Waals surface area contributed by atoms with Crippen molar-refractivity contribution in [2.24, 2.45) is 0 Å². The number of hydrogen-bond donors (Lipinski definition) is 2. The Labute approximate surface area is 166 Å². The van der Waals surface area contributed by atoms with Crippen LogP contribution in [0.15, 0.2) is 55.1 Å². The molecular formula is C20H19N5O4. The lowest BCUT2D eigenvalue weighted by Gasteiger charge is -2.12. The highest BCUT2D eigenvalue weighted by Crippen LogP contribution is 2.24. The lowest BCUT2D eigenvalue weighted by Crippen LogP contribution is -2.33. The standard InChI is InChI=1S/C20H19N5O4/c1-13-4-3-5-14(2)19(13)23-18(26)11-22-20(27)15-6-7-16(17(10-15)25(28)29)24-9-8-21-12-24/h3-10,12H,11H2,1-2H3,(H,22,27)(H,23,26). The molecular weight excluding hydrogens is 374 g/mol. The Morgan fingerprint density at radius 2 is 1.90 bits per heavy atom. The van der Waals surface area contributed by atoms with Crippen LogP contribution in [0.1, 0.15) is 21.5 Å². The van der Waals surface area contributed by atoms with Crippen molar-refractivity contribution in [2.45, 2.75) is 13.8 Å². The van der Waals surface area contributed by atoms with Gasteiger partial charge in [0.1, 0.15) is 5.69 Å². The largest absolute Gasteiger partial charge is 0.343 e. The SMILES string of the molecule is Cc1cccc(C)c1NC(=O)CNC(=O)c1ccc(-n2ccnc2)c([N+](=O)[O-])c1. The number of hydrogen-bond acceptors (Lipinski definition) is 5. The number of aromatic nitrogens is 2. The van der Waals surface area contributed by atoms with Crippen molar-refractivity contribution in [3.05, 3.63) is 81.9 Å². The number of carbonyl (C=O) groups is 2. The van der Waals surface area contributed by atoms with E-state index >= 15 is 0 Å². The number of anilines is 1. The number of benzene rings is 2. The zero-order valence-corrected chi connectivity index (χ0v) is 15.9. The van der Waals surface area contributed by atoms with Gasteiger partial charge in [-0.05, 0) is 37.1 Å². The van der Waals surface area contributed by atoms with Gasteiger partial charge in [0, 0.05) is 29.7 Å². The summed E-state index contributed by atoms with van der Waals surface area (Å²) in [5, 5.41) is 16.7. The van der Waals surface area contributed by atoms with Gasteiger partial charge >= 0.3 is 0 Å². The van der Waals surface area contributed by atoms with Gasteiger partial charge in [0.05, 0.1) is 17.8 Å². The van der Waals surface area contributed by atoms with E-state index in [1.54, 1.807) is 6.20 Å². The minimum absolute atomic E-state index is 0.0837. The van der Waals surface area contributed by atoms with E-state index in [-0.39, 0.29) is 29.4 Å². The molecule has 0 aliphatic heterocycles. The molecule has 0 aliphatic carbocycles. The second kappa shape index (κ2) is 8.34. The predicted molar refractivity (Wildman–Crippen MR) is 107 cm³/mol. The van der Waals surface area contributed by atoms with Gasteiger partial charge in [-0.15, -0.1) is 0 Å². The number of amides is 2. The highest BCUT2D eigenvalue weighted by molar-refractivity contribution is 6.00. The average molecular weight is 393 g/mol. The van der Waals surface area contributed by atoms with Crippen molar-refractivity contribution >= 4 is 23.2 Å². The molecule has 0 fully saturated rings. The number of rotatable bonds is 6. The third-order valence-corrected chi connectivity index (χ3v) is 4.37. The Balaban J connectivity index is 1.70. The van der Waals surface area contributed by atoms with E-state index in [1.165, 1.54) is 35.3 Å². The van der Waals surface area contributed by atoms with Gasteiger partial charge in [0.15, 0.2) is 0 Å². The van der Waals surface area contributed by atoms with Crippen molar-refractivity contribution in [3.8, 4) is 5.69 Å². The number of aryl methyl sites for hydroxylation is 2. The molecule has 2 aromatic carbocycles. The van der Waals surface area contributed by atoms with Crippen LogP contribution in [0, 0.1) is 24.0 Å². The summed E-state index contributed by atoms with van der Waals surface area (Å²) < 4.78 is 1.48. The molecule has 0 atom stereocenters. The molecule has 0 saturated heterocycles. The topological polar surface area (TPSA) is 119 Å². The first-order valence-corrected chi connectivity index (χ1v) is 8.78. The van der Waals surface area contributed by atoms with E-state index in [0.717, 1.165) is 11.1 Å². The second-order valence-corrected chi connectivity index (χ2v) is 6.43. The fourth-order valence-electron chi connectivity index (χ4n) is 2.89. The first-order chi connectivity index (χ1) is 13.9. The van der Waals surface area contributed by atoms with Gasteiger partial charge < -0.3 is 15.2 Å². The van der Waals surface area contributed by atoms with Crippen molar-refractivity contribution in [2.75, 3.05) is 11.9 Å². The predicted octanol–water partition coefficient (Wildman–Crippen LogP) is 2.77. The van der Waals surface area contributed by atoms with E-state index in [4.69, 9.17) is 0 Å². The van der Waals surface area contributed by atoms with Gasteiger partial charge in [-0.2, -0.15) is 0 Å². The van der Waals surface area contributed by atoms with E-state index in [0.29, 0.717) is 5.69 Å². The Kier molecular flexibility index (Phi) is 5.68. The molecule has 3 rings (SSSR count). The van der Waals surface area contributed by atoms with Crippen LogP contribution >= 0.6 is 0 Å². The zero-order valence-electron chi connectivity index (χ0n) is 15.9. The summed E-state index contributed by atoms with van der Waals surface area (Å²) in [4.78, 5) is 39.3. The number of imidazole rings is 1. The third kappa shape index (κ3) is 4.46. The number of nitrogens with zero attached hydrogens (tertiary/aromatic N) is 3. The quantitative estimate of drug-likeness (QED) is 0.493. The number of nitrogens with one attached hydrogen (secondary N) is 2. The Morgan fingerprint density at radius 1 is 1.17 bits per heavy atom. The fourth-order valence-corrected chi connectivity index (χ4v) is 2.89. The van der Waals surface area contributed by atoms with Gasteiger partial charge in [-0.1, -0.05) is 18.2 Å². The maximum Gasteiger partial charge on any atom is 0.294 e. The van der Waals surface area contributed by atoms with Crippen LogP contribution < -0.4 is 10.6 Å². The number of para-hydroxylation sites is 1. The second-order valence-electron chi connectivity index (χ2n) is 6.43. The normalized spacial score (nSPS) is 10.4. The molecule has 0 radical (unpaired) electrons. The van der Waals surface area contributed by atoms with Crippen LogP contribution in [0.2, 0.25) is 0 Å². The van der Waals surface area contributed by atoms with Crippen LogP contribution in [0.5, 0.6) is 0 Å². The summed E-state index contributed by atoms with van der Waals surface area (Å²) in [5.74, 6) is -0.970. The molecule has 29 heavy (non-hydrogen) atoms. The highest BCUT2D eigenvalue weighted by Gasteiger charge is 2.19. The smallest absolute Gasteiger partial charge is 0.294 e. The maximum atomic E-state index is 12.4. The summed E-state index contributed by atoms with van der Waals surface area (Å²) in [7, 11) is 0. The Morgan fingerprint density at radius 3 is 2.52 bits per heavy atom. The lowest BCUT2D eigenvalue weighted by atomic mass is 10.1. The average Bonchev–Trinajstić information content (AvgIpc) is 3.23. The summed E-state index contributed by atoms with van der Waals surface area (Å²) in [6.45, 7) is 3.49. The van der Waals surface area contributed by atoms with Crippen molar-refractivity contribution in [1.29, 1.82) is 0 Å². The molecule has 1 heterocycles. The molecule has 0 spiro atoms.